The molecule has 4 heteroatoms. The van der Waals surface area contributed by atoms with Crippen LogP contribution in [0.1, 0.15) is 5.56 Å². The molecule has 0 bridgehead atoms. The van der Waals surface area contributed by atoms with Gasteiger partial charge in [0.1, 0.15) is 0 Å². The molecule has 14 heavy (non-hydrogen) atoms. The lowest BCUT2D eigenvalue weighted by Gasteiger charge is -2.04. The van der Waals surface area contributed by atoms with Gasteiger partial charge in [-0.05, 0) is 5.56 Å². The maximum absolute atomic E-state index is 10.3. The summed E-state index contributed by atoms with van der Waals surface area (Å²) in [7, 11) is 0. The van der Waals surface area contributed by atoms with Gasteiger partial charge < -0.3 is 15.8 Å². The number of hydrogen-bond donors (Lipinski definition) is 2. The van der Waals surface area contributed by atoms with Crippen molar-refractivity contribution in [3.05, 3.63) is 35.9 Å². The number of carbonyl (C=O) groups is 1. The minimum absolute atomic E-state index is 0.447. The summed E-state index contributed by atoms with van der Waals surface area (Å²) in [5.41, 5.74) is 6.00. The highest BCUT2D eigenvalue weighted by Gasteiger charge is 1.92. The van der Waals surface area contributed by atoms with Crippen LogP contribution in [0.2, 0.25) is 0 Å². The van der Waals surface area contributed by atoms with E-state index in [1.165, 1.54) is 0 Å². The van der Waals surface area contributed by atoms with E-state index in [-0.39, 0.29) is 0 Å². The van der Waals surface area contributed by atoms with Crippen molar-refractivity contribution in [2.45, 2.75) is 6.61 Å². The first-order chi connectivity index (χ1) is 6.79. The summed E-state index contributed by atoms with van der Waals surface area (Å²) in [5.74, 6) is 0. The lowest BCUT2D eigenvalue weighted by Crippen LogP contribution is -2.32. The lowest BCUT2D eigenvalue weighted by molar-refractivity contribution is 0.124. The zero-order valence-electron chi connectivity index (χ0n) is 7.90. The highest BCUT2D eigenvalue weighted by molar-refractivity contribution is 5.71. The largest absolute Gasteiger partial charge is 0.375 e. The summed E-state index contributed by atoms with van der Waals surface area (Å²) in [6.07, 6.45) is 0. The summed E-state index contributed by atoms with van der Waals surface area (Å²) in [6.45, 7) is 1.47. The third-order valence-electron chi connectivity index (χ3n) is 1.66. The van der Waals surface area contributed by atoms with Gasteiger partial charge in [0.25, 0.3) is 0 Å². The second kappa shape index (κ2) is 5.99. The average molecular weight is 194 g/mol. The van der Waals surface area contributed by atoms with Gasteiger partial charge in [-0.3, -0.25) is 0 Å². The van der Waals surface area contributed by atoms with Crippen molar-refractivity contribution < 1.29 is 9.53 Å². The fourth-order valence-electron chi connectivity index (χ4n) is 1.01. The van der Waals surface area contributed by atoms with Crippen molar-refractivity contribution in [3.63, 3.8) is 0 Å². The normalized spacial score (nSPS) is 9.71. The summed E-state index contributed by atoms with van der Waals surface area (Å²) in [6, 6.07) is 9.33. The molecule has 1 aromatic carbocycles. The Bertz CT molecular complexity index is 275. The number of urea groups is 1. The minimum atomic E-state index is -0.520. The van der Waals surface area contributed by atoms with Crippen LogP contribution >= 0.6 is 0 Å². The Kier molecular flexibility index (Phi) is 4.50. The third-order valence-corrected chi connectivity index (χ3v) is 1.66. The van der Waals surface area contributed by atoms with E-state index in [4.69, 9.17) is 10.5 Å². The number of nitrogens with one attached hydrogen (secondary N) is 1. The summed E-state index contributed by atoms with van der Waals surface area (Å²) in [4.78, 5) is 10.3. The fourth-order valence-corrected chi connectivity index (χ4v) is 1.01. The van der Waals surface area contributed by atoms with Crippen LogP contribution in [0, 0.1) is 0 Å². The molecule has 0 aliphatic heterocycles. The average Bonchev–Trinajstić information content (AvgIpc) is 2.18. The third kappa shape index (κ3) is 4.47. The molecule has 0 fully saturated rings. The Balaban J connectivity index is 2.08. The van der Waals surface area contributed by atoms with E-state index >= 15 is 0 Å². The van der Waals surface area contributed by atoms with E-state index in [1.54, 1.807) is 0 Å². The highest BCUT2D eigenvalue weighted by atomic mass is 16.5. The van der Waals surface area contributed by atoms with E-state index in [1.807, 2.05) is 30.3 Å². The van der Waals surface area contributed by atoms with Gasteiger partial charge in [0.15, 0.2) is 0 Å². The molecule has 0 aromatic heterocycles. The number of nitrogens with two attached hydrogens (primary N) is 1. The molecular formula is C10H14N2O2. The molecule has 0 atom stereocenters. The van der Waals surface area contributed by atoms with Crippen LogP contribution in [0.15, 0.2) is 30.3 Å². The smallest absolute Gasteiger partial charge is 0.312 e. The van der Waals surface area contributed by atoms with Gasteiger partial charge in [-0.25, -0.2) is 4.79 Å². The second-order valence-corrected chi connectivity index (χ2v) is 2.83. The monoisotopic (exact) mass is 194 g/mol. The minimum Gasteiger partial charge on any atom is -0.375 e. The van der Waals surface area contributed by atoms with E-state index in [0.717, 1.165) is 5.56 Å². The maximum atomic E-state index is 10.3. The topological polar surface area (TPSA) is 64.4 Å². The molecule has 0 heterocycles. The number of hydrogen-bond acceptors (Lipinski definition) is 2. The summed E-state index contributed by atoms with van der Waals surface area (Å²) >= 11 is 0. The van der Waals surface area contributed by atoms with Crippen molar-refractivity contribution in [3.8, 4) is 0 Å². The van der Waals surface area contributed by atoms with Crippen molar-refractivity contribution in [2.75, 3.05) is 13.2 Å². The number of benzene rings is 1. The van der Waals surface area contributed by atoms with Crippen molar-refractivity contribution in [1.29, 1.82) is 0 Å². The SMILES string of the molecule is NC(=O)NCCOCc1ccccc1. The molecule has 1 aromatic rings. The van der Waals surface area contributed by atoms with Crippen LogP contribution in [0.5, 0.6) is 0 Å². The van der Waals surface area contributed by atoms with Crippen LogP contribution in [0.3, 0.4) is 0 Å². The molecular weight excluding hydrogens is 180 g/mol. The van der Waals surface area contributed by atoms with Crippen LogP contribution in [-0.4, -0.2) is 19.2 Å². The van der Waals surface area contributed by atoms with Crippen LogP contribution < -0.4 is 11.1 Å². The van der Waals surface area contributed by atoms with E-state index in [2.05, 4.69) is 5.32 Å². The molecule has 0 aliphatic carbocycles. The van der Waals surface area contributed by atoms with Crippen molar-refractivity contribution in [1.82, 2.24) is 5.32 Å². The van der Waals surface area contributed by atoms with Gasteiger partial charge in [0.05, 0.1) is 13.2 Å². The lowest BCUT2D eigenvalue weighted by atomic mass is 10.2. The van der Waals surface area contributed by atoms with Gasteiger partial charge in [0.2, 0.25) is 0 Å². The van der Waals surface area contributed by atoms with Crippen LogP contribution in [0.25, 0.3) is 0 Å². The van der Waals surface area contributed by atoms with Crippen LogP contribution in [-0.2, 0) is 11.3 Å². The van der Waals surface area contributed by atoms with Gasteiger partial charge in [-0.2, -0.15) is 0 Å². The molecule has 0 unspecified atom stereocenters. The molecule has 1 rings (SSSR count). The molecule has 0 saturated heterocycles. The Morgan fingerprint density at radius 1 is 1.36 bits per heavy atom. The number of ether oxygens (including phenoxy) is 1. The Hall–Kier alpha value is -1.55. The summed E-state index contributed by atoms with van der Waals surface area (Å²) < 4.78 is 5.30. The van der Waals surface area contributed by atoms with Crippen molar-refractivity contribution >= 4 is 6.03 Å². The Morgan fingerprint density at radius 2 is 2.07 bits per heavy atom. The predicted molar refractivity (Wildman–Crippen MR) is 53.7 cm³/mol. The molecule has 2 amide bonds. The Morgan fingerprint density at radius 3 is 2.71 bits per heavy atom. The quantitative estimate of drug-likeness (QED) is 0.683. The zero-order chi connectivity index (χ0) is 10.2. The maximum Gasteiger partial charge on any atom is 0.312 e. The second-order valence-electron chi connectivity index (χ2n) is 2.83. The van der Waals surface area contributed by atoms with Gasteiger partial charge >= 0.3 is 6.03 Å². The standard InChI is InChI=1S/C10H14N2O2/c11-10(13)12-6-7-14-8-9-4-2-1-3-5-9/h1-5H,6-8H2,(H3,11,12,13). The number of carbonyl (C=O) groups excluding carboxylic acids is 1. The van der Waals surface area contributed by atoms with Gasteiger partial charge in [0, 0.05) is 6.54 Å². The molecule has 0 aliphatic rings. The first-order valence-electron chi connectivity index (χ1n) is 4.44. The summed E-state index contributed by atoms with van der Waals surface area (Å²) in [5, 5.41) is 2.45. The molecule has 0 saturated carbocycles. The number of amides is 2. The molecule has 0 spiro atoms. The highest BCUT2D eigenvalue weighted by Crippen LogP contribution is 1.99. The fraction of sp³-hybridized carbons (Fsp3) is 0.300. The number of rotatable bonds is 5. The predicted octanol–water partition coefficient (Wildman–Crippen LogP) is 0.871. The number of primary amides is 1. The first kappa shape index (κ1) is 10.5. The zero-order valence-corrected chi connectivity index (χ0v) is 7.90. The molecule has 4 nitrogen and oxygen atoms in total. The van der Waals surface area contributed by atoms with Gasteiger partial charge in [-0.15, -0.1) is 0 Å². The Labute approximate surface area is 83.1 Å². The molecule has 3 N–H and O–H groups in total. The van der Waals surface area contributed by atoms with Crippen molar-refractivity contribution in [2.24, 2.45) is 5.73 Å². The van der Waals surface area contributed by atoms with Gasteiger partial charge in [-0.1, -0.05) is 30.3 Å². The van der Waals surface area contributed by atoms with E-state index in [0.29, 0.717) is 19.8 Å². The first-order valence-corrected chi connectivity index (χ1v) is 4.44. The van der Waals surface area contributed by atoms with E-state index in [9.17, 15) is 4.79 Å². The molecule has 0 radical (unpaired) electrons. The van der Waals surface area contributed by atoms with E-state index < -0.39 is 6.03 Å². The molecule has 76 valence electrons. The van der Waals surface area contributed by atoms with Crippen LogP contribution in [0.4, 0.5) is 4.79 Å².